The van der Waals surface area contributed by atoms with Crippen molar-refractivity contribution < 1.29 is 4.74 Å². The predicted molar refractivity (Wildman–Crippen MR) is 65.3 cm³/mol. The first kappa shape index (κ1) is 12.5. The Labute approximate surface area is 97.4 Å². The molecule has 1 atom stereocenters. The molecule has 1 rings (SSSR count). The Balaban J connectivity index is 3.05. The van der Waals surface area contributed by atoms with Crippen LogP contribution in [0.15, 0.2) is 24.3 Å². The molecule has 0 bridgehead atoms. The van der Waals surface area contributed by atoms with E-state index in [9.17, 15) is 0 Å². The lowest BCUT2D eigenvalue weighted by Crippen LogP contribution is -2.21. The first-order chi connectivity index (χ1) is 6.96. The quantitative estimate of drug-likeness (QED) is 0.739. The van der Waals surface area contributed by atoms with Crippen LogP contribution in [-0.2, 0) is 4.74 Å². The summed E-state index contributed by atoms with van der Waals surface area (Å²) in [7, 11) is 0. The largest absolute Gasteiger partial charge is 0.373 e. The maximum Gasteiger partial charge on any atom is 0.0887 e. The van der Waals surface area contributed by atoms with E-state index in [0.717, 1.165) is 10.6 Å². The average molecular weight is 227 g/mol. The van der Waals surface area contributed by atoms with Crippen LogP contribution in [0.2, 0.25) is 5.02 Å². The minimum atomic E-state index is 0.0520. The fraction of sp³-hybridized carbons (Fsp3) is 0.538. The van der Waals surface area contributed by atoms with E-state index in [0.29, 0.717) is 6.61 Å². The Morgan fingerprint density at radius 3 is 2.33 bits per heavy atom. The molecule has 0 aliphatic carbocycles. The van der Waals surface area contributed by atoms with Crippen molar-refractivity contribution in [3.8, 4) is 0 Å². The van der Waals surface area contributed by atoms with Crippen LogP contribution in [0.1, 0.15) is 39.4 Å². The van der Waals surface area contributed by atoms with Crippen LogP contribution in [0.5, 0.6) is 0 Å². The third-order valence-corrected chi connectivity index (χ3v) is 2.65. The molecule has 0 N–H and O–H groups in total. The monoisotopic (exact) mass is 226 g/mol. The van der Waals surface area contributed by atoms with Crippen molar-refractivity contribution >= 4 is 11.6 Å². The van der Waals surface area contributed by atoms with E-state index < -0.39 is 0 Å². The van der Waals surface area contributed by atoms with Crippen molar-refractivity contribution in [2.24, 2.45) is 5.41 Å². The molecule has 2 heteroatoms. The lowest BCUT2D eigenvalue weighted by molar-refractivity contribution is -0.0131. The van der Waals surface area contributed by atoms with Gasteiger partial charge in [-0.25, -0.2) is 0 Å². The summed E-state index contributed by atoms with van der Waals surface area (Å²) < 4.78 is 5.79. The van der Waals surface area contributed by atoms with Crippen molar-refractivity contribution in [3.63, 3.8) is 0 Å². The second kappa shape index (κ2) is 5.00. The van der Waals surface area contributed by atoms with Gasteiger partial charge in [-0.3, -0.25) is 0 Å². The maximum atomic E-state index is 6.18. The highest BCUT2D eigenvalue weighted by Gasteiger charge is 2.28. The number of hydrogen-bond acceptors (Lipinski definition) is 1. The van der Waals surface area contributed by atoms with E-state index in [4.69, 9.17) is 16.3 Å². The molecule has 15 heavy (non-hydrogen) atoms. The van der Waals surface area contributed by atoms with Gasteiger partial charge in [-0.2, -0.15) is 0 Å². The second-order valence-electron chi connectivity index (χ2n) is 4.72. The molecule has 0 fully saturated rings. The zero-order valence-corrected chi connectivity index (χ0v) is 10.6. The smallest absolute Gasteiger partial charge is 0.0887 e. The third kappa shape index (κ3) is 3.22. The van der Waals surface area contributed by atoms with Crippen LogP contribution in [0.4, 0.5) is 0 Å². The van der Waals surface area contributed by atoms with Gasteiger partial charge < -0.3 is 4.74 Å². The van der Waals surface area contributed by atoms with Crippen LogP contribution >= 0.6 is 11.6 Å². The van der Waals surface area contributed by atoms with Crippen molar-refractivity contribution in [1.29, 1.82) is 0 Å². The maximum absolute atomic E-state index is 6.18. The zero-order chi connectivity index (χ0) is 11.5. The standard InChI is InChI=1S/C13H19ClO/c1-5-15-12(13(2,3)4)10-8-6-7-9-11(10)14/h6-9,12H,5H2,1-4H3. The second-order valence-corrected chi connectivity index (χ2v) is 5.13. The molecule has 0 aliphatic rings. The van der Waals surface area contributed by atoms with Gasteiger partial charge in [0.25, 0.3) is 0 Å². The summed E-state index contributed by atoms with van der Waals surface area (Å²) in [6.07, 6.45) is 0.0520. The van der Waals surface area contributed by atoms with Gasteiger partial charge in [0, 0.05) is 11.6 Å². The van der Waals surface area contributed by atoms with Gasteiger partial charge in [-0.05, 0) is 24.0 Å². The lowest BCUT2D eigenvalue weighted by atomic mass is 9.84. The van der Waals surface area contributed by atoms with Crippen molar-refractivity contribution in [3.05, 3.63) is 34.9 Å². The fourth-order valence-electron chi connectivity index (χ4n) is 1.66. The summed E-state index contributed by atoms with van der Waals surface area (Å²) >= 11 is 6.18. The Bertz CT molecular complexity index is 315. The summed E-state index contributed by atoms with van der Waals surface area (Å²) in [4.78, 5) is 0. The van der Waals surface area contributed by atoms with Gasteiger partial charge in [0.1, 0.15) is 0 Å². The molecule has 0 amide bonds. The Hall–Kier alpha value is -0.530. The molecule has 0 heterocycles. The van der Waals surface area contributed by atoms with Gasteiger partial charge in [0.05, 0.1) is 6.10 Å². The van der Waals surface area contributed by atoms with Gasteiger partial charge in [0.15, 0.2) is 0 Å². The van der Waals surface area contributed by atoms with E-state index in [1.165, 1.54) is 0 Å². The molecule has 0 aromatic heterocycles. The Morgan fingerprint density at radius 2 is 1.87 bits per heavy atom. The van der Waals surface area contributed by atoms with E-state index in [-0.39, 0.29) is 11.5 Å². The average Bonchev–Trinajstić information content (AvgIpc) is 2.14. The van der Waals surface area contributed by atoms with Crippen LogP contribution in [-0.4, -0.2) is 6.61 Å². The molecule has 1 aromatic rings. The summed E-state index contributed by atoms with van der Waals surface area (Å²) in [5, 5.41) is 0.783. The summed E-state index contributed by atoms with van der Waals surface area (Å²) in [5.74, 6) is 0. The topological polar surface area (TPSA) is 9.23 Å². The number of ether oxygens (including phenoxy) is 1. The highest BCUT2D eigenvalue weighted by atomic mass is 35.5. The first-order valence-corrected chi connectivity index (χ1v) is 5.70. The minimum Gasteiger partial charge on any atom is -0.373 e. The molecule has 84 valence electrons. The molecular weight excluding hydrogens is 208 g/mol. The highest BCUT2D eigenvalue weighted by Crippen LogP contribution is 2.38. The van der Waals surface area contributed by atoms with Crippen molar-refractivity contribution in [2.45, 2.75) is 33.8 Å². The van der Waals surface area contributed by atoms with Crippen molar-refractivity contribution in [1.82, 2.24) is 0 Å². The molecule has 0 aliphatic heterocycles. The number of halogens is 1. The molecule has 1 unspecified atom stereocenters. The van der Waals surface area contributed by atoms with E-state index >= 15 is 0 Å². The number of rotatable bonds is 3. The number of hydrogen-bond donors (Lipinski definition) is 0. The molecule has 0 radical (unpaired) electrons. The SMILES string of the molecule is CCOC(c1ccccc1Cl)C(C)(C)C. The molecule has 1 nitrogen and oxygen atoms in total. The van der Waals surface area contributed by atoms with Crippen LogP contribution in [0.3, 0.4) is 0 Å². The van der Waals surface area contributed by atoms with Crippen LogP contribution in [0.25, 0.3) is 0 Å². The van der Waals surface area contributed by atoms with Crippen LogP contribution in [0, 0.1) is 5.41 Å². The van der Waals surface area contributed by atoms with Gasteiger partial charge >= 0.3 is 0 Å². The fourth-order valence-corrected chi connectivity index (χ4v) is 1.90. The van der Waals surface area contributed by atoms with Gasteiger partial charge in [-0.15, -0.1) is 0 Å². The molecule has 0 spiro atoms. The van der Waals surface area contributed by atoms with Crippen LogP contribution < -0.4 is 0 Å². The summed E-state index contributed by atoms with van der Waals surface area (Å²) in [5.41, 5.74) is 1.13. The van der Waals surface area contributed by atoms with Crippen molar-refractivity contribution in [2.75, 3.05) is 6.61 Å². The normalized spacial score (nSPS) is 13.9. The third-order valence-electron chi connectivity index (χ3n) is 2.31. The molecule has 0 saturated heterocycles. The molecule has 0 saturated carbocycles. The van der Waals surface area contributed by atoms with E-state index in [1.54, 1.807) is 0 Å². The minimum absolute atomic E-state index is 0.0520. The summed E-state index contributed by atoms with van der Waals surface area (Å²) in [6, 6.07) is 7.89. The Kier molecular flexibility index (Phi) is 4.18. The summed E-state index contributed by atoms with van der Waals surface area (Å²) in [6.45, 7) is 9.20. The van der Waals surface area contributed by atoms with Gasteiger partial charge in [-0.1, -0.05) is 50.6 Å². The van der Waals surface area contributed by atoms with E-state index in [1.807, 2.05) is 31.2 Å². The first-order valence-electron chi connectivity index (χ1n) is 5.33. The predicted octanol–water partition coefficient (Wildman–Crippen LogP) is 4.46. The highest BCUT2D eigenvalue weighted by molar-refractivity contribution is 6.31. The zero-order valence-electron chi connectivity index (χ0n) is 9.88. The Morgan fingerprint density at radius 1 is 1.27 bits per heavy atom. The molecule has 1 aromatic carbocycles. The van der Waals surface area contributed by atoms with E-state index in [2.05, 4.69) is 20.8 Å². The van der Waals surface area contributed by atoms with Gasteiger partial charge in [0.2, 0.25) is 0 Å². The number of benzene rings is 1. The lowest BCUT2D eigenvalue weighted by Gasteiger charge is -2.31. The molecular formula is C13H19ClO.